The van der Waals surface area contributed by atoms with Crippen molar-refractivity contribution in [1.29, 1.82) is 0 Å². The van der Waals surface area contributed by atoms with Gasteiger partial charge in [0.15, 0.2) is 0 Å². The van der Waals surface area contributed by atoms with E-state index < -0.39 is 10.9 Å². The van der Waals surface area contributed by atoms with E-state index in [1.807, 2.05) is 0 Å². The molecule has 0 unspecified atom stereocenters. The number of methoxy groups -OCH3 is 1. The molecule has 21 heavy (non-hydrogen) atoms. The number of hydrogen-bond acceptors (Lipinski definition) is 5. The summed E-state index contributed by atoms with van der Waals surface area (Å²) in [5.41, 5.74) is 0.830. The largest absolute Gasteiger partial charge is 0.465 e. The van der Waals surface area contributed by atoms with E-state index in [4.69, 9.17) is 16.0 Å². The second-order valence-electron chi connectivity index (χ2n) is 3.99. The third kappa shape index (κ3) is 3.49. The highest BCUT2D eigenvalue weighted by atomic mass is 35.5. The Hall–Kier alpha value is -2.60. The number of esters is 1. The van der Waals surface area contributed by atoms with Crippen LogP contribution in [0, 0.1) is 10.1 Å². The lowest BCUT2D eigenvalue weighted by Gasteiger charge is -2.04. The summed E-state index contributed by atoms with van der Waals surface area (Å²) in [4.78, 5) is 21.2. The summed E-state index contributed by atoms with van der Waals surface area (Å²) in [5.74, 6) is 0.234. The minimum Gasteiger partial charge on any atom is -0.465 e. The Balaban J connectivity index is 2.34. The number of nitrogens with zero attached hydrogens (tertiary/aromatic N) is 1. The number of furan rings is 1. The summed E-state index contributed by atoms with van der Waals surface area (Å²) in [7, 11) is 1.26. The molecule has 0 aliphatic heterocycles. The van der Waals surface area contributed by atoms with Crippen LogP contribution in [0.5, 0.6) is 0 Å². The zero-order valence-corrected chi connectivity index (χ0v) is 11.7. The van der Waals surface area contributed by atoms with Gasteiger partial charge in [0.2, 0.25) is 6.20 Å². The van der Waals surface area contributed by atoms with E-state index >= 15 is 0 Å². The van der Waals surface area contributed by atoms with Gasteiger partial charge in [-0.15, -0.1) is 0 Å². The zero-order chi connectivity index (χ0) is 15.4. The predicted octanol–water partition coefficient (Wildman–Crippen LogP) is 3.63. The number of nitro groups is 1. The molecule has 1 aromatic carbocycles. The zero-order valence-electron chi connectivity index (χ0n) is 10.9. The summed E-state index contributed by atoms with van der Waals surface area (Å²) in [6.45, 7) is 0. The third-order valence-electron chi connectivity index (χ3n) is 2.64. The Morgan fingerprint density at radius 1 is 1.38 bits per heavy atom. The first-order valence-corrected chi connectivity index (χ1v) is 6.19. The van der Waals surface area contributed by atoms with Gasteiger partial charge in [-0.05, 0) is 30.3 Å². The molecule has 0 N–H and O–H groups in total. The van der Waals surface area contributed by atoms with Gasteiger partial charge in [-0.25, -0.2) is 4.79 Å². The average Bonchev–Trinajstić information content (AvgIpc) is 2.93. The van der Waals surface area contributed by atoms with Crippen molar-refractivity contribution in [2.75, 3.05) is 7.11 Å². The first-order chi connectivity index (χ1) is 10.0. The number of ether oxygens (including phenoxy) is 1. The molecular formula is C14H10ClNO5. The van der Waals surface area contributed by atoms with Crippen molar-refractivity contribution in [2.45, 2.75) is 0 Å². The fraction of sp³-hybridized carbons (Fsp3) is 0.0714. The lowest BCUT2D eigenvalue weighted by Crippen LogP contribution is -2.02. The summed E-state index contributed by atoms with van der Waals surface area (Å²) >= 11 is 5.93. The summed E-state index contributed by atoms with van der Waals surface area (Å²) in [6, 6.07) is 7.99. The van der Waals surface area contributed by atoms with Crippen molar-refractivity contribution < 1.29 is 18.9 Å². The van der Waals surface area contributed by atoms with Crippen molar-refractivity contribution in [3.8, 4) is 11.3 Å². The van der Waals surface area contributed by atoms with Crippen molar-refractivity contribution in [1.82, 2.24) is 0 Å². The van der Waals surface area contributed by atoms with E-state index in [1.165, 1.54) is 19.3 Å². The maximum Gasteiger partial charge on any atom is 0.339 e. The number of halogens is 1. The Morgan fingerprint density at radius 3 is 2.81 bits per heavy atom. The summed E-state index contributed by atoms with van der Waals surface area (Å²) < 4.78 is 10.1. The van der Waals surface area contributed by atoms with Crippen LogP contribution < -0.4 is 0 Å². The van der Waals surface area contributed by atoms with Crippen molar-refractivity contribution >= 4 is 23.6 Å². The predicted molar refractivity (Wildman–Crippen MR) is 76.5 cm³/mol. The van der Waals surface area contributed by atoms with Gasteiger partial charge in [0.1, 0.15) is 11.5 Å². The van der Waals surface area contributed by atoms with Crippen LogP contribution in [-0.2, 0) is 4.74 Å². The summed E-state index contributed by atoms with van der Waals surface area (Å²) in [5, 5.41) is 10.5. The van der Waals surface area contributed by atoms with Gasteiger partial charge in [-0.2, -0.15) is 0 Å². The van der Waals surface area contributed by atoms with E-state index in [2.05, 4.69) is 4.74 Å². The lowest BCUT2D eigenvalue weighted by molar-refractivity contribution is -0.401. The van der Waals surface area contributed by atoms with E-state index in [0.29, 0.717) is 17.1 Å². The molecule has 2 rings (SSSR count). The Labute approximate surface area is 124 Å². The van der Waals surface area contributed by atoms with E-state index in [9.17, 15) is 14.9 Å². The average molecular weight is 308 g/mol. The molecule has 0 aliphatic carbocycles. The van der Waals surface area contributed by atoms with Gasteiger partial charge in [0, 0.05) is 5.56 Å². The standard InChI is InChI=1S/C14H10ClNO5/c1-20-14(17)11-8-9(2-4-12(11)15)13-5-3-10(21-13)6-7-16(18)19/h2-8H,1H3/b7-6+. The van der Waals surface area contributed by atoms with Gasteiger partial charge in [-0.3, -0.25) is 10.1 Å². The fourth-order valence-electron chi connectivity index (χ4n) is 1.68. The second kappa shape index (κ2) is 6.23. The molecule has 6 nitrogen and oxygen atoms in total. The van der Waals surface area contributed by atoms with Gasteiger partial charge >= 0.3 is 5.97 Å². The van der Waals surface area contributed by atoms with Crippen LogP contribution >= 0.6 is 11.6 Å². The third-order valence-corrected chi connectivity index (χ3v) is 2.97. The molecule has 0 spiro atoms. The molecule has 2 aromatic rings. The minimum atomic E-state index is -0.583. The van der Waals surface area contributed by atoms with Crippen LogP contribution in [0.3, 0.4) is 0 Å². The lowest BCUT2D eigenvalue weighted by atomic mass is 10.1. The van der Waals surface area contributed by atoms with Gasteiger partial charge in [0.25, 0.3) is 0 Å². The van der Waals surface area contributed by atoms with Crippen LogP contribution in [-0.4, -0.2) is 18.0 Å². The highest BCUT2D eigenvalue weighted by molar-refractivity contribution is 6.33. The molecule has 108 valence electrons. The first-order valence-electron chi connectivity index (χ1n) is 5.81. The molecule has 7 heteroatoms. The molecule has 0 fully saturated rings. The highest BCUT2D eigenvalue weighted by Gasteiger charge is 2.13. The maximum atomic E-state index is 11.6. The number of carbonyl (C=O) groups is 1. The molecule has 0 atom stereocenters. The van der Waals surface area contributed by atoms with E-state index in [1.54, 1.807) is 24.3 Å². The van der Waals surface area contributed by atoms with E-state index in [0.717, 1.165) is 6.20 Å². The Kier molecular flexibility index (Phi) is 4.39. The topological polar surface area (TPSA) is 82.6 Å². The normalized spacial score (nSPS) is 10.8. The number of carbonyl (C=O) groups excluding carboxylic acids is 1. The van der Waals surface area contributed by atoms with Crippen LogP contribution in [0.2, 0.25) is 5.02 Å². The van der Waals surface area contributed by atoms with Gasteiger partial charge < -0.3 is 9.15 Å². The molecule has 0 bridgehead atoms. The molecule has 1 heterocycles. The minimum absolute atomic E-state index is 0.218. The molecule has 0 saturated carbocycles. The van der Waals surface area contributed by atoms with Crippen LogP contribution in [0.1, 0.15) is 16.1 Å². The van der Waals surface area contributed by atoms with E-state index in [-0.39, 0.29) is 10.6 Å². The van der Waals surface area contributed by atoms with Crippen LogP contribution in [0.25, 0.3) is 17.4 Å². The van der Waals surface area contributed by atoms with Crippen molar-refractivity contribution in [2.24, 2.45) is 0 Å². The molecule has 1 aromatic heterocycles. The second-order valence-corrected chi connectivity index (χ2v) is 4.40. The first kappa shape index (κ1) is 14.8. The van der Waals surface area contributed by atoms with Crippen molar-refractivity contribution in [3.05, 3.63) is 63.0 Å². The van der Waals surface area contributed by atoms with Gasteiger partial charge in [-0.1, -0.05) is 11.6 Å². The molecular weight excluding hydrogens is 298 g/mol. The summed E-state index contributed by atoms with van der Waals surface area (Å²) in [6.07, 6.45) is 2.02. The highest BCUT2D eigenvalue weighted by Crippen LogP contribution is 2.27. The quantitative estimate of drug-likeness (QED) is 0.489. The van der Waals surface area contributed by atoms with Crippen molar-refractivity contribution in [3.63, 3.8) is 0 Å². The van der Waals surface area contributed by atoms with Gasteiger partial charge in [0.05, 0.1) is 28.7 Å². The monoisotopic (exact) mass is 307 g/mol. The fourth-order valence-corrected chi connectivity index (χ4v) is 1.87. The van der Waals surface area contributed by atoms with Crippen LogP contribution in [0.4, 0.5) is 0 Å². The Bertz CT molecular complexity index is 720. The smallest absolute Gasteiger partial charge is 0.339 e. The maximum absolute atomic E-state index is 11.6. The molecule has 0 amide bonds. The molecule has 0 radical (unpaired) electrons. The Morgan fingerprint density at radius 2 is 2.14 bits per heavy atom. The molecule has 0 saturated heterocycles. The number of hydrogen-bond donors (Lipinski definition) is 0. The van der Waals surface area contributed by atoms with Crippen LogP contribution in [0.15, 0.2) is 40.9 Å². The number of benzene rings is 1. The molecule has 0 aliphatic rings. The number of rotatable bonds is 4. The SMILES string of the molecule is COC(=O)c1cc(-c2ccc(/C=C/[N+](=O)[O-])o2)ccc1Cl.